The van der Waals surface area contributed by atoms with E-state index in [1.807, 2.05) is 30.3 Å². The highest BCUT2D eigenvalue weighted by atomic mass is 32.1. The highest BCUT2D eigenvalue weighted by Gasteiger charge is 2.28. The summed E-state index contributed by atoms with van der Waals surface area (Å²) in [6.07, 6.45) is 4.43. The van der Waals surface area contributed by atoms with E-state index in [9.17, 15) is 4.79 Å². The Labute approximate surface area is 213 Å². The number of benzene rings is 2. The molecule has 7 nitrogen and oxygen atoms in total. The number of aromatic nitrogens is 4. The van der Waals surface area contributed by atoms with Crippen LogP contribution in [0.4, 0.5) is 0 Å². The molecule has 0 spiro atoms. The minimum absolute atomic E-state index is 0.0594. The summed E-state index contributed by atoms with van der Waals surface area (Å²) in [5.41, 5.74) is 4.50. The quantitative estimate of drug-likeness (QED) is 0.334. The van der Waals surface area contributed by atoms with Gasteiger partial charge in [-0.15, -0.1) is 11.3 Å². The Balaban J connectivity index is 1.19. The Hall–Kier alpha value is -3.62. The van der Waals surface area contributed by atoms with E-state index in [0.29, 0.717) is 30.8 Å². The van der Waals surface area contributed by atoms with Gasteiger partial charge in [0.25, 0.3) is 5.56 Å². The monoisotopic (exact) mass is 497 g/mol. The molecule has 0 fully saturated rings. The Morgan fingerprint density at radius 2 is 1.94 bits per heavy atom. The second-order valence-electron chi connectivity index (χ2n) is 9.54. The van der Waals surface area contributed by atoms with Gasteiger partial charge in [0.15, 0.2) is 0 Å². The molecule has 6 rings (SSSR count). The van der Waals surface area contributed by atoms with Gasteiger partial charge in [-0.1, -0.05) is 65.3 Å². The standard InChI is InChI=1S/C28H27N5O2S/c1-18-8-10-19(11-9-18)15-33-17-29-27-25(28(33)34)22-13-12-21(14-23(22)36-27)32(2)16-24-30-26(31-35-24)20-6-4-3-5-7-20/h3-11,17,21H,12-16H2,1-2H3/t21-/m0/s1. The third-order valence-electron chi connectivity index (χ3n) is 6.99. The lowest BCUT2D eigenvalue weighted by Gasteiger charge is -2.30. The zero-order valence-electron chi connectivity index (χ0n) is 20.3. The summed E-state index contributed by atoms with van der Waals surface area (Å²) in [5, 5.41) is 4.95. The van der Waals surface area contributed by atoms with Crippen LogP contribution < -0.4 is 5.56 Å². The van der Waals surface area contributed by atoms with Gasteiger partial charge >= 0.3 is 0 Å². The summed E-state index contributed by atoms with van der Waals surface area (Å²) in [4.78, 5) is 27.0. The molecule has 3 heterocycles. The molecule has 5 aromatic rings. The second-order valence-corrected chi connectivity index (χ2v) is 10.6. The van der Waals surface area contributed by atoms with E-state index in [2.05, 4.69) is 58.3 Å². The summed E-state index contributed by atoms with van der Waals surface area (Å²) in [6.45, 7) is 3.19. The van der Waals surface area contributed by atoms with Crippen LogP contribution in [0.25, 0.3) is 21.6 Å². The van der Waals surface area contributed by atoms with E-state index in [-0.39, 0.29) is 5.56 Å². The van der Waals surface area contributed by atoms with Crippen molar-refractivity contribution in [3.63, 3.8) is 0 Å². The normalized spacial score (nSPS) is 15.5. The first-order chi connectivity index (χ1) is 17.5. The number of fused-ring (bicyclic) bond motifs is 3. The summed E-state index contributed by atoms with van der Waals surface area (Å²) in [6, 6.07) is 18.5. The largest absolute Gasteiger partial charge is 0.338 e. The first-order valence-corrected chi connectivity index (χ1v) is 13.0. The van der Waals surface area contributed by atoms with Gasteiger partial charge in [0.05, 0.1) is 24.8 Å². The zero-order chi connectivity index (χ0) is 24.6. The lowest BCUT2D eigenvalue weighted by atomic mass is 9.92. The number of hydrogen-bond acceptors (Lipinski definition) is 7. The first kappa shape index (κ1) is 22.8. The summed E-state index contributed by atoms with van der Waals surface area (Å²) < 4.78 is 7.26. The molecular formula is C28H27N5O2S. The maximum Gasteiger partial charge on any atom is 0.262 e. The summed E-state index contributed by atoms with van der Waals surface area (Å²) in [7, 11) is 2.10. The van der Waals surface area contributed by atoms with Gasteiger partial charge in [-0.3, -0.25) is 14.3 Å². The van der Waals surface area contributed by atoms with Gasteiger partial charge in [0.2, 0.25) is 11.7 Å². The van der Waals surface area contributed by atoms with E-state index < -0.39 is 0 Å². The molecule has 0 saturated carbocycles. The maximum atomic E-state index is 13.4. The topological polar surface area (TPSA) is 77.1 Å². The SMILES string of the molecule is Cc1ccc(Cn2cnc3sc4c(c3c2=O)CC[C@H](N(C)Cc2nc(-c3ccccc3)no2)C4)cc1. The molecule has 182 valence electrons. The third-order valence-corrected chi connectivity index (χ3v) is 8.15. The van der Waals surface area contributed by atoms with Gasteiger partial charge in [-0.2, -0.15) is 4.98 Å². The number of thiophene rings is 1. The van der Waals surface area contributed by atoms with Crippen molar-refractivity contribution in [1.29, 1.82) is 0 Å². The number of hydrogen-bond donors (Lipinski definition) is 0. The minimum Gasteiger partial charge on any atom is -0.338 e. The summed E-state index contributed by atoms with van der Waals surface area (Å²) >= 11 is 1.66. The fourth-order valence-electron chi connectivity index (χ4n) is 4.93. The van der Waals surface area contributed by atoms with E-state index in [0.717, 1.165) is 40.6 Å². The molecule has 0 saturated heterocycles. The molecule has 0 N–H and O–H groups in total. The van der Waals surface area contributed by atoms with E-state index >= 15 is 0 Å². The van der Waals surface area contributed by atoms with Gasteiger partial charge in [-0.25, -0.2) is 4.98 Å². The van der Waals surface area contributed by atoms with Crippen molar-refractivity contribution in [2.45, 2.75) is 45.3 Å². The van der Waals surface area contributed by atoms with Crippen LogP contribution in [0.2, 0.25) is 0 Å². The van der Waals surface area contributed by atoms with Gasteiger partial charge < -0.3 is 4.52 Å². The molecule has 0 bridgehead atoms. The smallest absolute Gasteiger partial charge is 0.262 e. The Morgan fingerprint density at radius 3 is 2.75 bits per heavy atom. The van der Waals surface area contributed by atoms with Crippen molar-refractivity contribution < 1.29 is 4.52 Å². The molecule has 8 heteroatoms. The van der Waals surface area contributed by atoms with Crippen molar-refractivity contribution in [2.75, 3.05) is 7.05 Å². The predicted molar refractivity (Wildman–Crippen MR) is 141 cm³/mol. The summed E-state index contributed by atoms with van der Waals surface area (Å²) in [5.74, 6) is 1.22. The molecule has 0 radical (unpaired) electrons. The van der Waals surface area contributed by atoms with Crippen molar-refractivity contribution in [3.8, 4) is 11.4 Å². The lowest BCUT2D eigenvalue weighted by molar-refractivity contribution is 0.189. The van der Waals surface area contributed by atoms with E-state index in [1.165, 1.54) is 16.0 Å². The van der Waals surface area contributed by atoms with Crippen LogP contribution in [-0.2, 0) is 25.9 Å². The number of aryl methyl sites for hydroxylation is 2. The average molecular weight is 498 g/mol. The average Bonchev–Trinajstić information content (AvgIpc) is 3.52. The molecule has 1 aliphatic carbocycles. The molecule has 3 aromatic heterocycles. The van der Waals surface area contributed by atoms with Crippen LogP contribution in [0.5, 0.6) is 0 Å². The zero-order valence-corrected chi connectivity index (χ0v) is 21.2. The highest BCUT2D eigenvalue weighted by Crippen LogP contribution is 2.35. The first-order valence-electron chi connectivity index (χ1n) is 12.2. The third kappa shape index (κ3) is 4.38. The Kier molecular flexibility index (Phi) is 5.99. The van der Waals surface area contributed by atoms with Crippen LogP contribution in [0, 0.1) is 6.92 Å². The molecule has 0 unspecified atom stereocenters. The van der Waals surface area contributed by atoms with E-state index in [4.69, 9.17) is 4.52 Å². The number of likely N-dealkylation sites (N-methyl/N-ethyl adjacent to an activating group) is 1. The number of nitrogens with zero attached hydrogens (tertiary/aromatic N) is 5. The second kappa shape index (κ2) is 9.44. The van der Waals surface area contributed by atoms with E-state index in [1.54, 1.807) is 22.2 Å². The van der Waals surface area contributed by atoms with Crippen LogP contribution in [0.3, 0.4) is 0 Å². The lowest BCUT2D eigenvalue weighted by Crippen LogP contribution is -2.35. The van der Waals surface area contributed by atoms with Gasteiger partial charge in [0.1, 0.15) is 4.83 Å². The van der Waals surface area contributed by atoms with Crippen molar-refractivity contribution in [2.24, 2.45) is 0 Å². The van der Waals surface area contributed by atoms with Crippen LogP contribution in [-0.4, -0.2) is 37.7 Å². The van der Waals surface area contributed by atoms with Gasteiger partial charge in [0, 0.05) is 16.5 Å². The minimum atomic E-state index is 0.0594. The molecule has 2 aromatic carbocycles. The van der Waals surface area contributed by atoms with Crippen molar-refractivity contribution in [3.05, 3.63) is 98.7 Å². The van der Waals surface area contributed by atoms with Crippen LogP contribution in [0.15, 0.2) is 70.2 Å². The molecule has 0 aliphatic heterocycles. The fourth-order valence-corrected chi connectivity index (χ4v) is 6.18. The molecule has 1 aliphatic rings. The van der Waals surface area contributed by atoms with Crippen LogP contribution >= 0.6 is 11.3 Å². The van der Waals surface area contributed by atoms with Crippen LogP contribution in [0.1, 0.15) is 33.9 Å². The maximum absolute atomic E-state index is 13.4. The molecule has 36 heavy (non-hydrogen) atoms. The molecular weight excluding hydrogens is 470 g/mol. The van der Waals surface area contributed by atoms with Gasteiger partial charge in [-0.05, 0) is 44.4 Å². The van der Waals surface area contributed by atoms with Crippen molar-refractivity contribution in [1.82, 2.24) is 24.6 Å². The fraction of sp³-hybridized carbons (Fsp3) is 0.286. The molecule has 0 amide bonds. The number of rotatable bonds is 6. The highest BCUT2D eigenvalue weighted by molar-refractivity contribution is 7.18. The Morgan fingerprint density at radius 1 is 1.14 bits per heavy atom. The Bertz CT molecular complexity index is 1570. The van der Waals surface area contributed by atoms with Crippen molar-refractivity contribution >= 4 is 21.6 Å². The predicted octanol–water partition coefficient (Wildman–Crippen LogP) is 4.85. The molecule has 1 atom stereocenters.